The highest BCUT2D eigenvalue weighted by molar-refractivity contribution is 5.68. The molecule has 0 aliphatic carbocycles. The van der Waals surface area contributed by atoms with Gasteiger partial charge in [-0.1, -0.05) is 25.5 Å². The zero-order valence-electron chi connectivity index (χ0n) is 8.43. The second kappa shape index (κ2) is 5.46. The van der Waals surface area contributed by atoms with Crippen molar-refractivity contribution in [3.63, 3.8) is 0 Å². The van der Waals surface area contributed by atoms with E-state index in [0.29, 0.717) is 0 Å². The summed E-state index contributed by atoms with van der Waals surface area (Å²) in [6.45, 7) is 3.25. The highest BCUT2D eigenvalue weighted by atomic mass is 14.9. The van der Waals surface area contributed by atoms with E-state index in [4.69, 9.17) is 0 Å². The van der Waals surface area contributed by atoms with Crippen molar-refractivity contribution in [2.24, 2.45) is 0 Å². The van der Waals surface area contributed by atoms with Gasteiger partial charge in [0.05, 0.1) is 11.4 Å². The van der Waals surface area contributed by atoms with E-state index in [9.17, 15) is 0 Å². The van der Waals surface area contributed by atoms with Gasteiger partial charge in [0.2, 0.25) is 0 Å². The van der Waals surface area contributed by atoms with E-state index in [1.54, 1.807) is 0 Å². The molecule has 13 heavy (non-hydrogen) atoms. The first-order valence-corrected chi connectivity index (χ1v) is 4.89. The first kappa shape index (κ1) is 9.90. The Morgan fingerprint density at radius 1 is 1.15 bits per heavy atom. The predicted octanol–water partition coefficient (Wildman–Crippen LogP) is 2.94. The number of rotatable bonds is 5. The molecule has 0 atom stereocenters. The molecule has 0 heterocycles. The van der Waals surface area contributed by atoms with Gasteiger partial charge in [-0.2, -0.15) is 0 Å². The van der Waals surface area contributed by atoms with Gasteiger partial charge in [-0.25, -0.2) is 0 Å². The van der Waals surface area contributed by atoms with Gasteiger partial charge < -0.3 is 10.6 Å². The molecule has 0 spiro atoms. The van der Waals surface area contributed by atoms with Crippen LogP contribution in [0.5, 0.6) is 0 Å². The Kier molecular flexibility index (Phi) is 4.16. The highest BCUT2D eigenvalue weighted by Gasteiger charge is 1.96. The number of unbranched alkanes of at least 4 members (excludes halogenated alkanes) is 1. The maximum Gasteiger partial charge on any atom is 0.0575 e. The lowest BCUT2D eigenvalue weighted by atomic mass is 10.2. The first-order valence-electron chi connectivity index (χ1n) is 4.89. The Hall–Kier alpha value is -1.18. The van der Waals surface area contributed by atoms with Crippen LogP contribution in [0, 0.1) is 0 Å². The molecule has 0 aliphatic heterocycles. The summed E-state index contributed by atoms with van der Waals surface area (Å²) in [6.07, 6.45) is 2.45. The lowest BCUT2D eigenvalue weighted by molar-refractivity contribution is 0.834. The Bertz CT molecular complexity index is 246. The molecule has 2 heteroatoms. The van der Waals surface area contributed by atoms with Gasteiger partial charge in [-0.05, 0) is 18.6 Å². The van der Waals surface area contributed by atoms with Crippen LogP contribution in [0.4, 0.5) is 11.4 Å². The largest absolute Gasteiger partial charge is 0.386 e. The lowest BCUT2D eigenvalue weighted by Crippen LogP contribution is -2.03. The fraction of sp³-hybridized carbons (Fsp3) is 0.455. The summed E-state index contributed by atoms with van der Waals surface area (Å²) in [7, 11) is 1.94. The van der Waals surface area contributed by atoms with Crippen LogP contribution in [0.2, 0.25) is 0 Å². The van der Waals surface area contributed by atoms with Crippen molar-refractivity contribution in [1.82, 2.24) is 0 Å². The van der Waals surface area contributed by atoms with Crippen LogP contribution < -0.4 is 10.6 Å². The minimum atomic E-state index is 1.05. The number of para-hydroxylation sites is 2. The van der Waals surface area contributed by atoms with E-state index in [0.717, 1.165) is 6.54 Å². The minimum Gasteiger partial charge on any atom is -0.386 e. The van der Waals surface area contributed by atoms with Crippen molar-refractivity contribution in [1.29, 1.82) is 0 Å². The summed E-state index contributed by atoms with van der Waals surface area (Å²) < 4.78 is 0. The summed E-state index contributed by atoms with van der Waals surface area (Å²) >= 11 is 0. The monoisotopic (exact) mass is 178 g/mol. The molecule has 2 N–H and O–H groups in total. The third-order valence-corrected chi connectivity index (χ3v) is 2.04. The normalized spacial score (nSPS) is 9.69. The molecule has 1 aromatic carbocycles. The molecule has 0 amide bonds. The van der Waals surface area contributed by atoms with Crippen LogP contribution in [0.25, 0.3) is 0 Å². The van der Waals surface area contributed by atoms with Crippen LogP contribution in [-0.2, 0) is 0 Å². The van der Waals surface area contributed by atoms with E-state index >= 15 is 0 Å². The van der Waals surface area contributed by atoms with Crippen LogP contribution in [0.1, 0.15) is 19.8 Å². The average molecular weight is 178 g/mol. The molecule has 0 aliphatic rings. The van der Waals surface area contributed by atoms with Gasteiger partial charge in [0.15, 0.2) is 0 Å². The summed E-state index contributed by atoms with van der Waals surface area (Å²) in [6, 6.07) is 8.27. The van der Waals surface area contributed by atoms with Crippen LogP contribution >= 0.6 is 0 Å². The zero-order chi connectivity index (χ0) is 9.52. The van der Waals surface area contributed by atoms with Crippen molar-refractivity contribution in [2.75, 3.05) is 24.2 Å². The Morgan fingerprint density at radius 3 is 2.46 bits per heavy atom. The second-order valence-electron chi connectivity index (χ2n) is 3.08. The maximum absolute atomic E-state index is 3.40. The number of anilines is 2. The van der Waals surface area contributed by atoms with Gasteiger partial charge in [-0.3, -0.25) is 0 Å². The third kappa shape index (κ3) is 2.98. The fourth-order valence-electron chi connectivity index (χ4n) is 1.26. The van der Waals surface area contributed by atoms with Crippen LogP contribution in [-0.4, -0.2) is 13.6 Å². The molecular formula is C11H18N2. The molecule has 0 fully saturated rings. The van der Waals surface area contributed by atoms with Crippen molar-refractivity contribution in [3.05, 3.63) is 24.3 Å². The number of hydrogen-bond donors (Lipinski definition) is 2. The topological polar surface area (TPSA) is 24.1 Å². The van der Waals surface area contributed by atoms with Crippen LogP contribution in [0.15, 0.2) is 24.3 Å². The lowest BCUT2D eigenvalue weighted by Gasteiger charge is -2.10. The smallest absolute Gasteiger partial charge is 0.0575 e. The second-order valence-corrected chi connectivity index (χ2v) is 3.08. The number of hydrogen-bond acceptors (Lipinski definition) is 2. The number of benzene rings is 1. The molecule has 0 unspecified atom stereocenters. The van der Waals surface area contributed by atoms with Gasteiger partial charge in [0, 0.05) is 13.6 Å². The molecule has 0 bridgehead atoms. The summed E-state index contributed by atoms with van der Waals surface area (Å²) in [4.78, 5) is 0. The zero-order valence-corrected chi connectivity index (χ0v) is 8.43. The molecule has 1 aromatic rings. The quantitative estimate of drug-likeness (QED) is 0.677. The van der Waals surface area contributed by atoms with E-state index in [2.05, 4.69) is 35.8 Å². The molecule has 72 valence electrons. The van der Waals surface area contributed by atoms with Crippen molar-refractivity contribution >= 4 is 11.4 Å². The molecule has 0 saturated heterocycles. The molecule has 2 nitrogen and oxygen atoms in total. The molecular weight excluding hydrogens is 160 g/mol. The summed E-state index contributed by atoms with van der Waals surface area (Å²) in [5, 5.41) is 6.56. The van der Waals surface area contributed by atoms with Crippen molar-refractivity contribution < 1.29 is 0 Å². The minimum absolute atomic E-state index is 1.05. The Morgan fingerprint density at radius 2 is 1.85 bits per heavy atom. The Labute approximate surface area is 80.4 Å². The first-order chi connectivity index (χ1) is 6.38. The van der Waals surface area contributed by atoms with Gasteiger partial charge in [0.25, 0.3) is 0 Å². The predicted molar refractivity (Wildman–Crippen MR) is 59.4 cm³/mol. The Balaban J connectivity index is 2.54. The standard InChI is InChI=1S/C11H18N2/c1-3-4-9-13-11-8-6-5-7-10(11)12-2/h5-8,12-13H,3-4,9H2,1-2H3. The van der Waals surface area contributed by atoms with Crippen molar-refractivity contribution in [3.8, 4) is 0 Å². The van der Waals surface area contributed by atoms with Gasteiger partial charge >= 0.3 is 0 Å². The van der Waals surface area contributed by atoms with Crippen molar-refractivity contribution in [2.45, 2.75) is 19.8 Å². The molecule has 1 rings (SSSR count). The summed E-state index contributed by atoms with van der Waals surface area (Å²) in [5.74, 6) is 0. The summed E-state index contributed by atoms with van der Waals surface area (Å²) in [5.41, 5.74) is 2.36. The number of nitrogens with one attached hydrogen (secondary N) is 2. The maximum atomic E-state index is 3.40. The van der Waals surface area contributed by atoms with E-state index in [1.165, 1.54) is 24.2 Å². The third-order valence-electron chi connectivity index (χ3n) is 2.04. The SMILES string of the molecule is CCCCNc1ccccc1NC. The van der Waals surface area contributed by atoms with Crippen LogP contribution in [0.3, 0.4) is 0 Å². The van der Waals surface area contributed by atoms with E-state index in [1.807, 2.05) is 13.1 Å². The van der Waals surface area contributed by atoms with E-state index in [-0.39, 0.29) is 0 Å². The van der Waals surface area contributed by atoms with E-state index < -0.39 is 0 Å². The average Bonchev–Trinajstić information content (AvgIpc) is 2.19. The fourth-order valence-corrected chi connectivity index (χ4v) is 1.26. The van der Waals surface area contributed by atoms with Gasteiger partial charge in [-0.15, -0.1) is 0 Å². The highest BCUT2D eigenvalue weighted by Crippen LogP contribution is 2.19. The molecule has 0 saturated carbocycles. The molecule has 0 aromatic heterocycles. The van der Waals surface area contributed by atoms with Gasteiger partial charge in [0.1, 0.15) is 0 Å². The molecule has 0 radical (unpaired) electrons.